The van der Waals surface area contributed by atoms with E-state index in [-0.39, 0.29) is 5.92 Å². The Morgan fingerprint density at radius 3 is 2.50 bits per heavy atom. The van der Waals surface area contributed by atoms with Crippen LogP contribution in [0.4, 0.5) is 0 Å². The van der Waals surface area contributed by atoms with Gasteiger partial charge >= 0.3 is 0 Å². The molecule has 0 radical (unpaired) electrons. The van der Waals surface area contributed by atoms with Crippen molar-refractivity contribution in [1.29, 1.82) is 0 Å². The van der Waals surface area contributed by atoms with E-state index in [1.54, 1.807) is 0 Å². The molecule has 1 aliphatic carbocycles. The van der Waals surface area contributed by atoms with Gasteiger partial charge in [-0.25, -0.2) is 0 Å². The van der Waals surface area contributed by atoms with Crippen molar-refractivity contribution in [2.45, 2.75) is 26.4 Å². The lowest BCUT2D eigenvalue weighted by atomic mass is 9.78. The standard InChI is InChI=1S/C17H18O/c1-13-11-12-17(3,18)14(2)16(13)10-9-15-7-5-4-6-8-15/h4-8,11-12,14,18H,1-3H3. The van der Waals surface area contributed by atoms with Crippen LogP contribution in [0.2, 0.25) is 0 Å². The zero-order valence-corrected chi connectivity index (χ0v) is 11.1. The molecule has 0 bridgehead atoms. The van der Waals surface area contributed by atoms with E-state index in [2.05, 4.69) is 11.8 Å². The van der Waals surface area contributed by atoms with E-state index >= 15 is 0 Å². The lowest BCUT2D eigenvalue weighted by molar-refractivity contribution is 0.0694. The van der Waals surface area contributed by atoms with Gasteiger partial charge in [0.05, 0.1) is 5.60 Å². The summed E-state index contributed by atoms with van der Waals surface area (Å²) in [4.78, 5) is 0. The summed E-state index contributed by atoms with van der Waals surface area (Å²) < 4.78 is 0. The topological polar surface area (TPSA) is 20.2 Å². The summed E-state index contributed by atoms with van der Waals surface area (Å²) in [5, 5.41) is 10.2. The lowest BCUT2D eigenvalue weighted by Crippen LogP contribution is -2.33. The molecule has 1 nitrogen and oxygen atoms in total. The van der Waals surface area contributed by atoms with Crippen molar-refractivity contribution in [2.24, 2.45) is 5.92 Å². The minimum Gasteiger partial charge on any atom is -0.385 e. The second-order valence-electron chi connectivity index (χ2n) is 4.99. The van der Waals surface area contributed by atoms with Gasteiger partial charge in [0.25, 0.3) is 0 Å². The average Bonchev–Trinajstić information content (AvgIpc) is 2.36. The Kier molecular flexibility index (Phi) is 3.41. The van der Waals surface area contributed by atoms with E-state index in [1.165, 1.54) is 0 Å². The molecule has 1 N–H and O–H groups in total. The van der Waals surface area contributed by atoms with Gasteiger partial charge in [0, 0.05) is 17.1 Å². The van der Waals surface area contributed by atoms with Gasteiger partial charge in [0.2, 0.25) is 0 Å². The fourth-order valence-electron chi connectivity index (χ4n) is 2.03. The summed E-state index contributed by atoms with van der Waals surface area (Å²) in [6.45, 7) is 5.88. The molecule has 92 valence electrons. The minimum atomic E-state index is -0.805. The van der Waals surface area contributed by atoms with Gasteiger partial charge in [-0.3, -0.25) is 0 Å². The third-order valence-corrected chi connectivity index (χ3v) is 3.52. The predicted octanol–water partition coefficient (Wildman–Crippen LogP) is 3.31. The Balaban J connectivity index is 2.34. The number of allylic oxidation sites excluding steroid dienone is 2. The van der Waals surface area contributed by atoms with E-state index in [1.807, 2.05) is 63.3 Å². The van der Waals surface area contributed by atoms with Gasteiger partial charge in [-0.15, -0.1) is 0 Å². The molecule has 2 atom stereocenters. The van der Waals surface area contributed by atoms with Gasteiger partial charge in [-0.1, -0.05) is 49.1 Å². The van der Waals surface area contributed by atoms with Gasteiger partial charge < -0.3 is 5.11 Å². The van der Waals surface area contributed by atoms with E-state index in [9.17, 15) is 5.11 Å². The highest BCUT2D eigenvalue weighted by atomic mass is 16.3. The summed E-state index contributed by atoms with van der Waals surface area (Å²) in [5.41, 5.74) is 2.35. The lowest BCUT2D eigenvalue weighted by Gasteiger charge is -2.31. The molecule has 0 saturated carbocycles. The SMILES string of the molecule is CC1=C(C#Cc2ccccc2)C(C)C(C)(O)C=C1. The van der Waals surface area contributed by atoms with E-state index in [0.717, 1.165) is 16.7 Å². The quantitative estimate of drug-likeness (QED) is 0.687. The molecule has 0 fully saturated rings. The molecule has 0 aliphatic heterocycles. The molecule has 0 saturated heterocycles. The zero-order valence-electron chi connectivity index (χ0n) is 11.1. The zero-order chi connectivity index (χ0) is 13.2. The van der Waals surface area contributed by atoms with Crippen LogP contribution in [0.5, 0.6) is 0 Å². The fourth-order valence-corrected chi connectivity index (χ4v) is 2.03. The van der Waals surface area contributed by atoms with Crippen molar-refractivity contribution in [1.82, 2.24) is 0 Å². The van der Waals surface area contributed by atoms with Gasteiger partial charge in [-0.2, -0.15) is 0 Å². The molecule has 1 aromatic rings. The average molecular weight is 238 g/mol. The number of hydrogen-bond acceptors (Lipinski definition) is 1. The first kappa shape index (κ1) is 12.7. The largest absolute Gasteiger partial charge is 0.385 e. The van der Waals surface area contributed by atoms with Crippen LogP contribution >= 0.6 is 0 Å². The monoisotopic (exact) mass is 238 g/mol. The smallest absolute Gasteiger partial charge is 0.0874 e. The molecule has 0 amide bonds. The predicted molar refractivity (Wildman–Crippen MR) is 74.9 cm³/mol. The van der Waals surface area contributed by atoms with E-state index < -0.39 is 5.60 Å². The van der Waals surface area contributed by atoms with Crippen LogP contribution in [0, 0.1) is 17.8 Å². The first-order valence-electron chi connectivity index (χ1n) is 6.20. The molecule has 2 unspecified atom stereocenters. The van der Waals surface area contributed by atoms with Crippen LogP contribution < -0.4 is 0 Å². The first-order chi connectivity index (χ1) is 8.50. The number of rotatable bonds is 0. The third kappa shape index (κ3) is 2.55. The fraction of sp³-hybridized carbons (Fsp3) is 0.294. The Morgan fingerprint density at radius 1 is 1.17 bits per heavy atom. The molecular weight excluding hydrogens is 220 g/mol. The molecule has 0 heterocycles. The van der Waals surface area contributed by atoms with Crippen molar-refractivity contribution in [2.75, 3.05) is 0 Å². The van der Waals surface area contributed by atoms with Crippen LogP contribution in [-0.2, 0) is 0 Å². The highest BCUT2D eigenvalue weighted by Gasteiger charge is 2.31. The Morgan fingerprint density at radius 2 is 1.83 bits per heavy atom. The molecule has 0 spiro atoms. The molecule has 18 heavy (non-hydrogen) atoms. The molecule has 1 aliphatic rings. The maximum absolute atomic E-state index is 10.2. The van der Waals surface area contributed by atoms with Gasteiger partial charge in [0.1, 0.15) is 0 Å². The molecule has 1 aromatic carbocycles. The third-order valence-electron chi connectivity index (χ3n) is 3.52. The Labute approximate surface area is 109 Å². The normalized spacial score (nSPS) is 26.8. The summed E-state index contributed by atoms with van der Waals surface area (Å²) in [7, 11) is 0. The maximum atomic E-state index is 10.2. The number of aliphatic hydroxyl groups is 1. The van der Waals surface area contributed by atoms with Crippen LogP contribution in [0.15, 0.2) is 53.6 Å². The summed E-state index contributed by atoms with van der Waals surface area (Å²) >= 11 is 0. The van der Waals surface area contributed by atoms with Crippen LogP contribution in [-0.4, -0.2) is 10.7 Å². The van der Waals surface area contributed by atoms with Crippen molar-refractivity contribution in [3.05, 3.63) is 59.2 Å². The van der Waals surface area contributed by atoms with Gasteiger partial charge in [-0.05, 0) is 31.6 Å². The number of benzene rings is 1. The summed E-state index contributed by atoms with van der Waals surface area (Å²) in [6, 6.07) is 9.92. The number of hydrogen-bond donors (Lipinski definition) is 1. The summed E-state index contributed by atoms with van der Waals surface area (Å²) in [6.07, 6.45) is 3.80. The molecule has 1 heteroatoms. The van der Waals surface area contributed by atoms with E-state index in [4.69, 9.17) is 0 Å². The van der Waals surface area contributed by atoms with Crippen molar-refractivity contribution in [3.8, 4) is 11.8 Å². The second kappa shape index (κ2) is 4.84. The molecular formula is C17H18O. The van der Waals surface area contributed by atoms with Crippen molar-refractivity contribution < 1.29 is 5.11 Å². The highest BCUT2D eigenvalue weighted by Crippen LogP contribution is 2.32. The highest BCUT2D eigenvalue weighted by molar-refractivity contribution is 5.48. The first-order valence-corrected chi connectivity index (χ1v) is 6.20. The van der Waals surface area contributed by atoms with Crippen LogP contribution in [0.25, 0.3) is 0 Å². The van der Waals surface area contributed by atoms with Crippen LogP contribution in [0.3, 0.4) is 0 Å². The second-order valence-corrected chi connectivity index (χ2v) is 4.99. The maximum Gasteiger partial charge on any atom is 0.0874 e. The Bertz CT molecular complexity index is 550. The molecule has 0 aromatic heterocycles. The van der Waals surface area contributed by atoms with Crippen molar-refractivity contribution in [3.63, 3.8) is 0 Å². The van der Waals surface area contributed by atoms with E-state index in [0.29, 0.717) is 0 Å². The van der Waals surface area contributed by atoms with Gasteiger partial charge in [0.15, 0.2) is 0 Å². The summed E-state index contributed by atoms with van der Waals surface area (Å²) in [5.74, 6) is 6.40. The van der Waals surface area contributed by atoms with Crippen molar-refractivity contribution >= 4 is 0 Å². The molecule has 2 rings (SSSR count). The minimum absolute atomic E-state index is 0.0266. The Hall–Kier alpha value is -1.78. The van der Waals surface area contributed by atoms with Crippen LogP contribution in [0.1, 0.15) is 26.3 Å².